The second-order valence-electron chi connectivity index (χ2n) is 7.27. The highest BCUT2D eigenvalue weighted by Gasteiger charge is 2.43. The Morgan fingerprint density at radius 3 is 2.42 bits per heavy atom. The Balaban J connectivity index is 1.77. The maximum Gasteiger partial charge on any atom is 0.269 e. The molecule has 0 aliphatic carbocycles. The number of likely N-dealkylation sites (N-methyl/N-ethyl adjacent to an activating group) is 1. The van der Waals surface area contributed by atoms with Gasteiger partial charge >= 0.3 is 0 Å². The molecule has 0 unspecified atom stereocenters. The Morgan fingerprint density at radius 1 is 1.13 bits per heavy atom. The Labute approximate surface area is 191 Å². The zero-order valence-corrected chi connectivity index (χ0v) is 19.0. The molecule has 7 nitrogen and oxygen atoms in total. The van der Waals surface area contributed by atoms with Gasteiger partial charge in [0.1, 0.15) is 6.04 Å². The van der Waals surface area contributed by atoms with E-state index >= 15 is 0 Å². The number of thiocarbonyl (C=S) groups is 1. The molecule has 0 aromatic heterocycles. The number of amides is 3. The monoisotopic (exact) mass is 458 g/mol. The van der Waals surface area contributed by atoms with Crippen molar-refractivity contribution in [1.82, 2.24) is 15.3 Å². The Morgan fingerprint density at radius 2 is 1.81 bits per heavy atom. The van der Waals surface area contributed by atoms with E-state index in [2.05, 4.69) is 10.7 Å². The summed E-state index contributed by atoms with van der Waals surface area (Å²) in [5.74, 6) is -1.14. The standard InChI is InChI=1S/C22H23ClN4O3S/c1-4-26-21(30)18(12-19(28)24-17-10-5-13(2)11-14(17)3)27(22(26)31)25-20(29)15-6-8-16(23)9-7-15/h5-11,18H,4,12H2,1-3H3,(H,24,28)(H,25,29)/t18-/m1/s1. The van der Waals surface area contributed by atoms with E-state index in [4.69, 9.17) is 23.8 Å². The number of hydrogen-bond acceptors (Lipinski definition) is 4. The molecule has 2 N–H and O–H groups in total. The van der Waals surface area contributed by atoms with Crippen LogP contribution in [0.3, 0.4) is 0 Å². The summed E-state index contributed by atoms with van der Waals surface area (Å²) >= 11 is 11.3. The number of nitrogens with zero attached hydrogens (tertiary/aromatic N) is 2. The molecule has 2 aromatic carbocycles. The minimum Gasteiger partial charge on any atom is -0.326 e. The van der Waals surface area contributed by atoms with Gasteiger partial charge in [-0.05, 0) is 68.9 Å². The average molecular weight is 459 g/mol. The third-order valence-electron chi connectivity index (χ3n) is 4.98. The van der Waals surface area contributed by atoms with E-state index in [-0.39, 0.29) is 23.3 Å². The second-order valence-corrected chi connectivity index (χ2v) is 8.07. The van der Waals surface area contributed by atoms with Crippen LogP contribution in [-0.2, 0) is 9.59 Å². The van der Waals surface area contributed by atoms with E-state index in [0.717, 1.165) is 11.1 Å². The smallest absolute Gasteiger partial charge is 0.269 e. The fourth-order valence-corrected chi connectivity index (χ4v) is 3.87. The molecule has 1 aliphatic heterocycles. The van der Waals surface area contributed by atoms with Crippen LogP contribution in [0.5, 0.6) is 0 Å². The number of rotatable bonds is 6. The molecule has 0 spiro atoms. The minimum atomic E-state index is -0.936. The van der Waals surface area contributed by atoms with Gasteiger partial charge in [0.25, 0.3) is 11.8 Å². The first-order valence-electron chi connectivity index (χ1n) is 9.79. The number of halogens is 1. The van der Waals surface area contributed by atoms with E-state index < -0.39 is 11.9 Å². The average Bonchev–Trinajstić information content (AvgIpc) is 2.94. The van der Waals surface area contributed by atoms with Crippen molar-refractivity contribution in [3.8, 4) is 0 Å². The first-order chi connectivity index (χ1) is 14.7. The van der Waals surface area contributed by atoms with Gasteiger partial charge in [-0.3, -0.25) is 24.7 Å². The Bertz CT molecular complexity index is 1040. The first-order valence-corrected chi connectivity index (χ1v) is 10.6. The van der Waals surface area contributed by atoms with E-state index in [1.165, 1.54) is 9.91 Å². The van der Waals surface area contributed by atoms with Crippen molar-refractivity contribution in [2.45, 2.75) is 33.2 Å². The van der Waals surface area contributed by atoms with E-state index in [0.29, 0.717) is 22.8 Å². The lowest BCUT2D eigenvalue weighted by Gasteiger charge is -2.24. The quantitative estimate of drug-likeness (QED) is 0.648. The van der Waals surface area contributed by atoms with Gasteiger partial charge in [-0.1, -0.05) is 29.3 Å². The minimum absolute atomic E-state index is 0.152. The van der Waals surface area contributed by atoms with Crippen LogP contribution in [0.15, 0.2) is 42.5 Å². The predicted octanol–water partition coefficient (Wildman–Crippen LogP) is 3.45. The molecule has 1 saturated heterocycles. The topological polar surface area (TPSA) is 81.8 Å². The summed E-state index contributed by atoms with van der Waals surface area (Å²) in [4.78, 5) is 39.6. The van der Waals surface area contributed by atoms with Gasteiger partial charge in [0.2, 0.25) is 5.91 Å². The maximum absolute atomic E-state index is 12.9. The summed E-state index contributed by atoms with van der Waals surface area (Å²) in [6.07, 6.45) is -0.163. The molecule has 0 radical (unpaired) electrons. The first kappa shape index (κ1) is 22.7. The number of hydrazine groups is 1. The molecule has 1 heterocycles. The molecule has 0 bridgehead atoms. The third-order valence-corrected chi connectivity index (χ3v) is 5.65. The Hall–Kier alpha value is -2.97. The van der Waals surface area contributed by atoms with Crippen molar-refractivity contribution in [2.75, 3.05) is 11.9 Å². The number of anilines is 1. The zero-order chi connectivity index (χ0) is 22.7. The summed E-state index contributed by atoms with van der Waals surface area (Å²) in [5, 5.41) is 4.78. The highest BCUT2D eigenvalue weighted by atomic mass is 35.5. The van der Waals surface area contributed by atoms with Gasteiger partial charge in [0.05, 0.1) is 6.42 Å². The molecule has 162 valence electrons. The summed E-state index contributed by atoms with van der Waals surface area (Å²) < 4.78 is 0. The van der Waals surface area contributed by atoms with E-state index in [9.17, 15) is 14.4 Å². The lowest BCUT2D eigenvalue weighted by molar-refractivity contribution is -0.130. The number of hydrogen-bond donors (Lipinski definition) is 2. The normalized spacial score (nSPS) is 15.9. The second kappa shape index (κ2) is 9.45. The van der Waals surface area contributed by atoms with Crippen LogP contribution in [0, 0.1) is 13.8 Å². The van der Waals surface area contributed by atoms with Crippen molar-refractivity contribution in [3.05, 3.63) is 64.2 Å². The van der Waals surface area contributed by atoms with Gasteiger partial charge in [-0.2, -0.15) is 0 Å². The molecular weight excluding hydrogens is 436 g/mol. The van der Waals surface area contributed by atoms with Crippen LogP contribution in [-0.4, -0.2) is 45.3 Å². The fraction of sp³-hybridized carbons (Fsp3) is 0.273. The fourth-order valence-electron chi connectivity index (χ4n) is 3.35. The summed E-state index contributed by atoms with van der Waals surface area (Å²) in [6.45, 7) is 5.98. The zero-order valence-electron chi connectivity index (χ0n) is 17.4. The molecule has 1 aliphatic rings. The van der Waals surface area contributed by atoms with E-state index in [1.54, 1.807) is 31.2 Å². The molecule has 1 atom stereocenters. The van der Waals surface area contributed by atoms with Crippen LogP contribution < -0.4 is 10.7 Å². The number of benzene rings is 2. The van der Waals surface area contributed by atoms with Crippen molar-refractivity contribution in [2.24, 2.45) is 0 Å². The molecule has 1 fully saturated rings. The van der Waals surface area contributed by atoms with Crippen molar-refractivity contribution in [3.63, 3.8) is 0 Å². The van der Waals surface area contributed by atoms with Crippen molar-refractivity contribution >= 4 is 52.3 Å². The molecule has 3 rings (SSSR count). The molecule has 0 saturated carbocycles. The van der Waals surface area contributed by atoms with Crippen LogP contribution in [0.2, 0.25) is 5.02 Å². The summed E-state index contributed by atoms with van der Waals surface area (Å²) in [7, 11) is 0. The van der Waals surface area contributed by atoms with Crippen molar-refractivity contribution in [1.29, 1.82) is 0 Å². The van der Waals surface area contributed by atoms with Gasteiger partial charge in [0.15, 0.2) is 5.11 Å². The number of nitrogens with one attached hydrogen (secondary N) is 2. The lowest BCUT2D eigenvalue weighted by Crippen LogP contribution is -2.49. The molecule has 9 heteroatoms. The highest BCUT2D eigenvalue weighted by molar-refractivity contribution is 7.80. The maximum atomic E-state index is 12.9. The van der Waals surface area contributed by atoms with Gasteiger partial charge in [-0.25, -0.2) is 5.01 Å². The SMILES string of the molecule is CCN1C(=O)[C@@H](CC(=O)Nc2ccc(C)cc2C)N(NC(=O)c2ccc(Cl)cc2)C1=S. The lowest BCUT2D eigenvalue weighted by atomic mass is 10.1. The molecule has 2 aromatic rings. The largest absolute Gasteiger partial charge is 0.326 e. The molecule has 3 amide bonds. The number of carbonyl (C=O) groups is 3. The van der Waals surface area contributed by atoms with Gasteiger partial charge in [0, 0.05) is 22.8 Å². The Kier molecular flexibility index (Phi) is 6.92. The highest BCUT2D eigenvalue weighted by Crippen LogP contribution is 2.21. The molecule has 31 heavy (non-hydrogen) atoms. The number of carbonyl (C=O) groups excluding carboxylic acids is 3. The van der Waals surface area contributed by atoms with Crippen LogP contribution in [0.4, 0.5) is 5.69 Å². The molecular formula is C22H23ClN4O3S. The van der Waals surface area contributed by atoms with Crippen LogP contribution in [0.25, 0.3) is 0 Å². The van der Waals surface area contributed by atoms with Crippen molar-refractivity contribution < 1.29 is 14.4 Å². The summed E-state index contributed by atoms with van der Waals surface area (Å²) in [6, 6.07) is 11.1. The van der Waals surface area contributed by atoms with Crippen LogP contribution in [0.1, 0.15) is 34.8 Å². The van der Waals surface area contributed by atoms with Crippen LogP contribution >= 0.6 is 23.8 Å². The number of aryl methyl sites for hydroxylation is 2. The van der Waals surface area contributed by atoms with Gasteiger partial charge in [-0.15, -0.1) is 0 Å². The predicted molar refractivity (Wildman–Crippen MR) is 124 cm³/mol. The third kappa shape index (κ3) is 5.03. The summed E-state index contributed by atoms with van der Waals surface area (Å²) in [5.41, 5.74) is 5.70. The van der Waals surface area contributed by atoms with Gasteiger partial charge < -0.3 is 5.32 Å². The van der Waals surface area contributed by atoms with E-state index in [1.807, 2.05) is 32.0 Å².